The molecule has 2 aliphatic rings. The Morgan fingerprint density at radius 2 is 1.89 bits per heavy atom. The summed E-state index contributed by atoms with van der Waals surface area (Å²) >= 11 is 6.49. The molecule has 0 bridgehead atoms. The molecule has 9 nitrogen and oxygen atoms in total. The quantitative estimate of drug-likeness (QED) is 0.388. The third kappa shape index (κ3) is 3.64. The average Bonchev–Trinajstić information content (AvgIpc) is 3.43. The predicted molar refractivity (Wildman–Crippen MR) is 137 cm³/mol. The molecule has 1 aliphatic heterocycles. The van der Waals surface area contributed by atoms with E-state index < -0.39 is 10.0 Å². The Morgan fingerprint density at radius 3 is 2.54 bits per heavy atom. The number of carbonyl (C=O) groups is 1. The highest BCUT2D eigenvalue weighted by Gasteiger charge is 2.53. The van der Waals surface area contributed by atoms with Crippen molar-refractivity contribution in [3.63, 3.8) is 0 Å². The molecular formula is C26H23ClN6O3S. The molecule has 0 N–H and O–H groups in total. The number of likely N-dealkylation sites (tertiary alicyclic amines) is 1. The van der Waals surface area contributed by atoms with Gasteiger partial charge in [0.05, 0.1) is 33.4 Å². The Bertz CT molecular complexity index is 1720. The lowest BCUT2D eigenvalue weighted by atomic mass is 9.60. The van der Waals surface area contributed by atoms with E-state index in [4.69, 9.17) is 11.6 Å². The summed E-state index contributed by atoms with van der Waals surface area (Å²) in [5.41, 5.74) is 2.38. The molecule has 4 aromatic rings. The van der Waals surface area contributed by atoms with E-state index in [-0.39, 0.29) is 38.5 Å². The van der Waals surface area contributed by atoms with Gasteiger partial charge in [-0.1, -0.05) is 29.3 Å². The average molecular weight is 535 g/mol. The number of pyridine rings is 1. The number of aryl methyl sites for hydroxylation is 1. The van der Waals surface area contributed by atoms with E-state index in [0.29, 0.717) is 16.6 Å². The molecule has 2 fully saturated rings. The number of halogens is 1. The second kappa shape index (κ2) is 8.16. The minimum Gasteiger partial charge on any atom is -0.342 e. The fourth-order valence-electron chi connectivity index (χ4n) is 5.47. The lowest BCUT2D eigenvalue weighted by molar-refractivity contribution is -0.151. The van der Waals surface area contributed by atoms with Gasteiger partial charge in [-0.05, 0) is 38.0 Å². The summed E-state index contributed by atoms with van der Waals surface area (Å²) in [6.45, 7) is 5.04. The highest BCUT2D eigenvalue weighted by molar-refractivity contribution is 7.90. The zero-order valence-electron chi connectivity index (χ0n) is 20.2. The maximum atomic E-state index is 13.9. The zero-order valence-corrected chi connectivity index (χ0v) is 21.8. The van der Waals surface area contributed by atoms with Crippen LogP contribution in [0.4, 0.5) is 0 Å². The molecule has 37 heavy (non-hydrogen) atoms. The Morgan fingerprint density at radius 1 is 1.19 bits per heavy atom. The number of nitrogens with zero attached hydrogens (tertiary/aromatic N) is 6. The largest absolute Gasteiger partial charge is 0.342 e. The fraction of sp³-hybridized carbons (Fsp3) is 0.308. The number of nitriles is 1. The van der Waals surface area contributed by atoms with E-state index in [1.54, 1.807) is 43.5 Å². The summed E-state index contributed by atoms with van der Waals surface area (Å²) in [7, 11) is -4.05. The van der Waals surface area contributed by atoms with Crippen molar-refractivity contribution in [1.29, 1.82) is 5.26 Å². The second-order valence-corrected chi connectivity index (χ2v) is 12.3. The molecule has 1 amide bonds. The summed E-state index contributed by atoms with van der Waals surface area (Å²) in [4.78, 5) is 17.8. The van der Waals surface area contributed by atoms with Gasteiger partial charge in [-0.25, -0.2) is 17.4 Å². The summed E-state index contributed by atoms with van der Waals surface area (Å²) in [5, 5.41) is 14.5. The number of fused-ring (bicyclic) bond motifs is 1. The van der Waals surface area contributed by atoms with Gasteiger partial charge in [-0.15, -0.1) is 0 Å². The standard InChI is InChI=1S/C26H23ClN6O3S/c1-16-3-5-21(6-4-16)37(35,36)33-23(7-22-24(27)18(10-28)11-29-25(22)33)19-12-30-32(13-19)20-8-26(9-20)14-31(15-26)17(2)34/h3-7,11-13,20H,8-9,14-15H2,1-2H3. The van der Waals surface area contributed by atoms with Crippen LogP contribution in [0, 0.1) is 23.7 Å². The summed E-state index contributed by atoms with van der Waals surface area (Å²) < 4.78 is 30.8. The van der Waals surface area contributed by atoms with Crippen LogP contribution in [0.25, 0.3) is 22.3 Å². The molecule has 0 radical (unpaired) electrons. The van der Waals surface area contributed by atoms with Gasteiger partial charge in [0, 0.05) is 48.8 Å². The molecule has 1 saturated heterocycles. The van der Waals surface area contributed by atoms with E-state index in [2.05, 4.69) is 10.1 Å². The molecule has 1 aromatic carbocycles. The Hall–Kier alpha value is -3.68. The van der Waals surface area contributed by atoms with Crippen molar-refractivity contribution < 1.29 is 13.2 Å². The third-order valence-corrected chi connectivity index (χ3v) is 9.63. The summed E-state index contributed by atoms with van der Waals surface area (Å²) in [6.07, 6.45) is 6.61. The summed E-state index contributed by atoms with van der Waals surface area (Å²) in [5.74, 6) is 0.102. The maximum Gasteiger partial charge on any atom is 0.269 e. The van der Waals surface area contributed by atoms with Crippen LogP contribution in [0.5, 0.6) is 0 Å². The van der Waals surface area contributed by atoms with E-state index in [1.165, 1.54) is 10.2 Å². The van der Waals surface area contributed by atoms with Gasteiger partial charge in [-0.2, -0.15) is 10.4 Å². The second-order valence-electron chi connectivity index (χ2n) is 10.1. The van der Waals surface area contributed by atoms with Gasteiger partial charge in [0.15, 0.2) is 5.65 Å². The molecule has 0 atom stereocenters. The van der Waals surface area contributed by atoms with E-state index in [1.807, 2.05) is 28.8 Å². The van der Waals surface area contributed by atoms with E-state index >= 15 is 0 Å². The van der Waals surface area contributed by atoms with E-state index in [9.17, 15) is 18.5 Å². The van der Waals surface area contributed by atoms with Gasteiger partial charge in [0.2, 0.25) is 5.91 Å². The van der Waals surface area contributed by atoms with E-state index in [0.717, 1.165) is 31.5 Å². The first-order valence-corrected chi connectivity index (χ1v) is 13.7. The van der Waals surface area contributed by atoms with Crippen LogP contribution in [0.2, 0.25) is 5.02 Å². The zero-order chi connectivity index (χ0) is 26.1. The lowest BCUT2D eigenvalue weighted by Gasteiger charge is -2.58. The highest BCUT2D eigenvalue weighted by Crippen LogP contribution is 2.54. The van der Waals surface area contributed by atoms with Gasteiger partial charge in [0.25, 0.3) is 10.0 Å². The van der Waals surface area contributed by atoms with Crippen LogP contribution in [0.3, 0.4) is 0 Å². The third-order valence-electron chi connectivity index (χ3n) is 7.51. The topological polar surface area (TPSA) is 114 Å². The molecule has 6 rings (SSSR count). The number of benzene rings is 1. The van der Waals surface area contributed by atoms with Crippen molar-refractivity contribution >= 4 is 38.6 Å². The number of hydrogen-bond donors (Lipinski definition) is 0. The Labute approximate surface area is 218 Å². The van der Waals surface area contributed by atoms with Crippen LogP contribution in [-0.2, 0) is 14.8 Å². The molecule has 188 valence electrons. The number of carbonyl (C=O) groups excluding carboxylic acids is 1. The Balaban J connectivity index is 1.41. The van der Waals surface area contributed by atoms with Crippen molar-refractivity contribution in [1.82, 2.24) is 23.6 Å². The Kier molecular flexibility index (Phi) is 5.23. The predicted octanol–water partition coefficient (Wildman–Crippen LogP) is 4.15. The molecule has 0 unspecified atom stereocenters. The molecule has 1 saturated carbocycles. The molecular weight excluding hydrogens is 512 g/mol. The smallest absolute Gasteiger partial charge is 0.269 e. The van der Waals surface area contributed by atoms with Crippen LogP contribution in [-0.4, -0.2) is 51.1 Å². The normalized spacial score (nSPS) is 17.0. The van der Waals surface area contributed by atoms with Crippen molar-refractivity contribution in [2.45, 2.75) is 37.6 Å². The molecule has 1 spiro atoms. The number of aromatic nitrogens is 4. The van der Waals surface area contributed by atoms with Crippen molar-refractivity contribution in [3.05, 3.63) is 65.1 Å². The minimum atomic E-state index is -4.05. The highest BCUT2D eigenvalue weighted by atomic mass is 35.5. The van der Waals surface area contributed by atoms with Crippen molar-refractivity contribution in [3.8, 4) is 17.3 Å². The minimum absolute atomic E-state index is 0.102. The van der Waals surface area contributed by atoms with Gasteiger partial charge in [0.1, 0.15) is 6.07 Å². The number of amides is 1. The SMILES string of the molecule is CC(=O)N1CC2(CC(n3cc(-c4cc5c(Cl)c(C#N)cnc5n4S(=O)(=O)c4ccc(C)cc4)cn3)C2)C1. The molecule has 3 aromatic heterocycles. The maximum absolute atomic E-state index is 13.9. The first-order valence-electron chi connectivity index (χ1n) is 11.8. The number of hydrogen-bond acceptors (Lipinski definition) is 6. The lowest BCUT2D eigenvalue weighted by Crippen LogP contribution is -2.63. The molecule has 4 heterocycles. The summed E-state index contributed by atoms with van der Waals surface area (Å²) in [6, 6.07) is 10.4. The van der Waals surface area contributed by atoms with Crippen LogP contribution in [0.1, 0.15) is 36.9 Å². The monoisotopic (exact) mass is 534 g/mol. The van der Waals surface area contributed by atoms with Crippen molar-refractivity contribution in [2.24, 2.45) is 5.41 Å². The van der Waals surface area contributed by atoms with Crippen molar-refractivity contribution in [2.75, 3.05) is 13.1 Å². The van der Waals surface area contributed by atoms with Gasteiger partial charge < -0.3 is 4.90 Å². The van der Waals surface area contributed by atoms with Crippen LogP contribution < -0.4 is 0 Å². The van der Waals surface area contributed by atoms with Crippen LogP contribution in [0.15, 0.2) is 53.8 Å². The van der Waals surface area contributed by atoms with Gasteiger partial charge >= 0.3 is 0 Å². The first-order chi connectivity index (χ1) is 17.6. The molecule has 11 heteroatoms. The van der Waals surface area contributed by atoms with Crippen LogP contribution >= 0.6 is 11.6 Å². The molecule has 1 aliphatic carbocycles. The van der Waals surface area contributed by atoms with Gasteiger partial charge in [-0.3, -0.25) is 9.48 Å². The fourth-order valence-corrected chi connectivity index (χ4v) is 7.18. The first kappa shape index (κ1) is 23.7. The number of rotatable bonds is 4.